The third-order valence-electron chi connectivity index (χ3n) is 3.51. The van der Waals surface area contributed by atoms with E-state index in [1.807, 2.05) is 0 Å². The maximum Gasteiger partial charge on any atom is 0.470 e. The summed E-state index contributed by atoms with van der Waals surface area (Å²) in [5.74, 6) is -2.47. The van der Waals surface area contributed by atoms with Crippen LogP contribution in [0.4, 0.5) is 17.6 Å². The summed E-state index contributed by atoms with van der Waals surface area (Å²) in [7, 11) is -3.69. The molecule has 0 bridgehead atoms. The Hall–Kier alpha value is -2.86. The SMILES string of the molecule is CS(=O)(=O)NC(c1cccc(F)c1)c1ccc(-c2nnc(C(F)(F)F)o2)cn1. The molecule has 0 spiro atoms. The fourth-order valence-corrected chi connectivity index (χ4v) is 3.04. The molecule has 0 radical (unpaired) electrons. The van der Waals surface area contributed by atoms with Crippen LogP contribution in [0, 0.1) is 5.82 Å². The summed E-state index contributed by atoms with van der Waals surface area (Å²) in [5, 5.41) is 6.24. The summed E-state index contributed by atoms with van der Waals surface area (Å²) in [6.45, 7) is 0. The van der Waals surface area contributed by atoms with Crippen LogP contribution in [-0.4, -0.2) is 29.9 Å². The van der Waals surface area contributed by atoms with Gasteiger partial charge in [-0.15, -0.1) is 10.2 Å². The molecule has 1 aromatic carbocycles. The van der Waals surface area contributed by atoms with Crippen LogP contribution in [0.5, 0.6) is 0 Å². The van der Waals surface area contributed by atoms with Gasteiger partial charge in [0.25, 0.3) is 0 Å². The van der Waals surface area contributed by atoms with Gasteiger partial charge in [0.1, 0.15) is 5.82 Å². The van der Waals surface area contributed by atoms with E-state index >= 15 is 0 Å². The molecule has 0 aliphatic carbocycles. The minimum Gasteiger partial charge on any atom is -0.413 e. The average Bonchev–Trinajstić information content (AvgIpc) is 3.10. The number of sulfonamides is 1. The van der Waals surface area contributed by atoms with Crippen molar-refractivity contribution in [1.29, 1.82) is 0 Å². The molecule has 1 unspecified atom stereocenters. The van der Waals surface area contributed by atoms with Crippen molar-refractivity contribution < 1.29 is 30.4 Å². The molecule has 148 valence electrons. The predicted octanol–water partition coefficient (Wildman–Crippen LogP) is 2.93. The Balaban J connectivity index is 1.95. The van der Waals surface area contributed by atoms with Gasteiger partial charge < -0.3 is 4.42 Å². The number of benzene rings is 1. The third kappa shape index (κ3) is 4.70. The normalized spacial score (nSPS) is 13.5. The van der Waals surface area contributed by atoms with Crippen molar-refractivity contribution in [2.75, 3.05) is 6.26 Å². The van der Waals surface area contributed by atoms with E-state index in [2.05, 4.69) is 24.3 Å². The second kappa shape index (κ2) is 7.28. The second-order valence-corrected chi connectivity index (χ2v) is 7.54. The smallest absolute Gasteiger partial charge is 0.413 e. The van der Waals surface area contributed by atoms with E-state index in [1.165, 1.54) is 30.3 Å². The van der Waals surface area contributed by atoms with E-state index in [0.29, 0.717) is 5.56 Å². The Morgan fingerprint density at radius 3 is 2.43 bits per heavy atom. The monoisotopic (exact) mass is 416 g/mol. The van der Waals surface area contributed by atoms with Crippen LogP contribution >= 0.6 is 0 Å². The second-order valence-electron chi connectivity index (χ2n) is 5.76. The highest BCUT2D eigenvalue weighted by Gasteiger charge is 2.38. The van der Waals surface area contributed by atoms with Gasteiger partial charge in [0.2, 0.25) is 15.9 Å². The van der Waals surface area contributed by atoms with Gasteiger partial charge in [-0.25, -0.2) is 17.5 Å². The number of alkyl halides is 3. The van der Waals surface area contributed by atoms with Crippen LogP contribution in [0.3, 0.4) is 0 Å². The molecular formula is C16H12F4N4O3S. The molecule has 1 atom stereocenters. The predicted molar refractivity (Wildman–Crippen MR) is 88.8 cm³/mol. The van der Waals surface area contributed by atoms with E-state index in [-0.39, 0.29) is 11.3 Å². The lowest BCUT2D eigenvalue weighted by atomic mass is 10.0. The number of hydrogen-bond donors (Lipinski definition) is 1. The first kappa shape index (κ1) is 19.9. The molecule has 12 heteroatoms. The fraction of sp³-hybridized carbons (Fsp3) is 0.188. The van der Waals surface area contributed by atoms with Gasteiger partial charge in [-0.2, -0.15) is 13.2 Å². The molecule has 0 aliphatic heterocycles. The van der Waals surface area contributed by atoms with E-state index in [0.717, 1.165) is 18.5 Å². The van der Waals surface area contributed by atoms with E-state index < -0.39 is 39.8 Å². The van der Waals surface area contributed by atoms with E-state index in [1.54, 1.807) is 0 Å². The highest BCUT2D eigenvalue weighted by atomic mass is 32.2. The number of halogens is 4. The summed E-state index contributed by atoms with van der Waals surface area (Å²) in [4.78, 5) is 4.06. The van der Waals surface area contributed by atoms with Crippen LogP contribution in [0.2, 0.25) is 0 Å². The third-order valence-corrected chi connectivity index (χ3v) is 4.17. The lowest BCUT2D eigenvalue weighted by Crippen LogP contribution is -2.29. The number of rotatable bonds is 5. The van der Waals surface area contributed by atoms with Crippen molar-refractivity contribution in [3.63, 3.8) is 0 Å². The highest BCUT2D eigenvalue weighted by Crippen LogP contribution is 2.30. The minimum atomic E-state index is -4.78. The molecule has 0 fully saturated rings. The molecule has 2 aromatic heterocycles. The van der Waals surface area contributed by atoms with Crippen LogP contribution in [0.1, 0.15) is 23.2 Å². The summed E-state index contributed by atoms with van der Waals surface area (Å²) in [6, 6.07) is 6.96. The molecule has 0 saturated heterocycles. The van der Waals surface area contributed by atoms with Crippen LogP contribution in [-0.2, 0) is 16.2 Å². The van der Waals surface area contributed by atoms with Crippen molar-refractivity contribution in [2.45, 2.75) is 12.2 Å². The van der Waals surface area contributed by atoms with Crippen molar-refractivity contribution in [1.82, 2.24) is 19.9 Å². The highest BCUT2D eigenvalue weighted by molar-refractivity contribution is 7.88. The Morgan fingerprint density at radius 2 is 1.89 bits per heavy atom. The first-order chi connectivity index (χ1) is 13.0. The standard InChI is InChI=1S/C16H12F4N4O3S/c1-28(25,26)24-13(9-3-2-4-11(17)7-9)12-6-5-10(8-21-12)14-22-23-15(27-14)16(18,19)20/h2-8,13,24H,1H3. The fourth-order valence-electron chi connectivity index (χ4n) is 2.36. The molecular weight excluding hydrogens is 404 g/mol. The van der Waals surface area contributed by atoms with Crippen LogP contribution in [0.25, 0.3) is 11.5 Å². The molecule has 3 aromatic rings. The molecule has 1 N–H and O–H groups in total. The summed E-state index contributed by atoms with van der Waals surface area (Å²) in [5.41, 5.74) is 0.585. The lowest BCUT2D eigenvalue weighted by molar-refractivity contribution is -0.156. The number of hydrogen-bond acceptors (Lipinski definition) is 6. The Labute approximate surface area is 156 Å². The van der Waals surface area contributed by atoms with Gasteiger partial charge in [0.05, 0.1) is 23.6 Å². The summed E-state index contributed by atoms with van der Waals surface area (Å²) >= 11 is 0. The van der Waals surface area contributed by atoms with Gasteiger partial charge in [-0.05, 0) is 29.8 Å². The molecule has 0 amide bonds. The topological polar surface area (TPSA) is 98.0 Å². The Kier molecular flexibility index (Phi) is 5.17. The molecule has 2 heterocycles. The number of aromatic nitrogens is 3. The van der Waals surface area contributed by atoms with Crippen molar-refractivity contribution in [2.24, 2.45) is 0 Å². The number of nitrogens with one attached hydrogen (secondary N) is 1. The molecule has 28 heavy (non-hydrogen) atoms. The molecule has 0 saturated carbocycles. The molecule has 0 aliphatic rings. The maximum atomic E-state index is 13.5. The van der Waals surface area contributed by atoms with Gasteiger partial charge in [-0.1, -0.05) is 12.1 Å². The number of nitrogens with zero attached hydrogens (tertiary/aromatic N) is 3. The van der Waals surface area contributed by atoms with E-state index in [9.17, 15) is 26.0 Å². The number of pyridine rings is 1. The first-order valence-corrected chi connectivity index (χ1v) is 9.52. The maximum absolute atomic E-state index is 13.5. The first-order valence-electron chi connectivity index (χ1n) is 7.63. The van der Waals surface area contributed by atoms with Gasteiger partial charge in [0, 0.05) is 6.20 Å². The zero-order valence-corrected chi connectivity index (χ0v) is 14.9. The summed E-state index contributed by atoms with van der Waals surface area (Å²) < 4.78 is 81.5. The Bertz CT molecular complexity index is 1080. The van der Waals surface area contributed by atoms with Crippen molar-refractivity contribution >= 4 is 10.0 Å². The van der Waals surface area contributed by atoms with Crippen LogP contribution in [0.15, 0.2) is 47.0 Å². The van der Waals surface area contributed by atoms with Crippen molar-refractivity contribution in [3.05, 3.63) is 65.6 Å². The zero-order chi connectivity index (χ0) is 20.5. The van der Waals surface area contributed by atoms with Crippen molar-refractivity contribution in [3.8, 4) is 11.5 Å². The average molecular weight is 416 g/mol. The minimum absolute atomic E-state index is 0.101. The summed E-state index contributed by atoms with van der Waals surface area (Å²) in [6.07, 6.45) is -2.69. The lowest BCUT2D eigenvalue weighted by Gasteiger charge is -2.17. The van der Waals surface area contributed by atoms with E-state index in [4.69, 9.17) is 0 Å². The van der Waals surface area contributed by atoms with Gasteiger partial charge >= 0.3 is 12.1 Å². The Morgan fingerprint density at radius 1 is 1.14 bits per heavy atom. The molecule has 7 nitrogen and oxygen atoms in total. The van der Waals surface area contributed by atoms with Gasteiger partial charge in [0.15, 0.2) is 0 Å². The zero-order valence-electron chi connectivity index (χ0n) is 14.1. The van der Waals surface area contributed by atoms with Gasteiger partial charge in [-0.3, -0.25) is 4.98 Å². The van der Waals surface area contributed by atoms with Crippen LogP contribution < -0.4 is 4.72 Å². The molecule has 3 rings (SSSR count). The quantitative estimate of drug-likeness (QED) is 0.643. The largest absolute Gasteiger partial charge is 0.470 e.